The zero-order valence-corrected chi connectivity index (χ0v) is 19.4. The average molecular weight is 445 g/mol. The Kier molecular flexibility index (Phi) is 5.19. The lowest BCUT2D eigenvalue weighted by Crippen LogP contribution is -2.43. The van der Waals surface area contributed by atoms with E-state index in [4.69, 9.17) is 4.74 Å². The first-order chi connectivity index (χ1) is 15.9. The molecule has 1 fully saturated rings. The van der Waals surface area contributed by atoms with Crippen LogP contribution in [0.25, 0.3) is 27.5 Å². The standard InChI is InChI=1S/C26H28N4O3/c1-16-13-17(2)15-29(14-16)25(31)23-22-20-7-5-6-8-21(20)28(3)24(22)26(32)30(27-23)18-9-11-19(33-4)12-10-18/h5-12,16-17H,13-15H2,1-4H3. The molecule has 1 saturated heterocycles. The summed E-state index contributed by atoms with van der Waals surface area (Å²) in [6, 6.07) is 14.9. The van der Waals surface area contributed by atoms with Gasteiger partial charge in [0.25, 0.3) is 11.5 Å². The summed E-state index contributed by atoms with van der Waals surface area (Å²) in [4.78, 5) is 29.4. The Balaban J connectivity index is 1.79. The Labute approximate surface area is 192 Å². The molecule has 7 nitrogen and oxygen atoms in total. The first-order valence-corrected chi connectivity index (χ1v) is 11.3. The van der Waals surface area contributed by atoms with Gasteiger partial charge in [-0.25, -0.2) is 0 Å². The van der Waals surface area contributed by atoms with Crippen molar-refractivity contribution in [2.24, 2.45) is 18.9 Å². The molecule has 1 aliphatic heterocycles. The average Bonchev–Trinajstić information content (AvgIpc) is 3.12. The summed E-state index contributed by atoms with van der Waals surface area (Å²) in [5.41, 5.74) is 2.02. The number of rotatable bonds is 3. The third kappa shape index (κ3) is 3.48. The second kappa shape index (κ2) is 8.06. The molecule has 2 atom stereocenters. The number of aromatic nitrogens is 3. The SMILES string of the molecule is COc1ccc(-n2nc(C(=O)N3CC(C)CC(C)C3)c3c4ccccc4n(C)c3c2=O)cc1. The molecule has 2 unspecified atom stereocenters. The van der Waals surface area contributed by atoms with Crippen molar-refractivity contribution in [2.45, 2.75) is 20.3 Å². The highest BCUT2D eigenvalue weighted by molar-refractivity contribution is 6.16. The van der Waals surface area contributed by atoms with Crippen molar-refractivity contribution in [3.8, 4) is 11.4 Å². The number of benzene rings is 2. The first-order valence-electron chi connectivity index (χ1n) is 11.3. The van der Waals surface area contributed by atoms with Crippen LogP contribution in [0.15, 0.2) is 53.3 Å². The van der Waals surface area contributed by atoms with Crippen LogP contribution in [0.3, 0.4) is 0 Å². The molecule has 0 radical (unpaired) electrons. The van der Waals surface area contributed by atoms with Gasteiger partial charge < -0.3 is 14.2 Å². The fourth-order valence-corrected chi connectivity index (χ4v) is 5.21. The molecule has 2 aromatic heterocycles. The van der Waals surface area contributed by atoms with Crippen LogP contribution >= 0.6 is 0 Å². The van der Waals surface area contributed by atoms with E-state index in [0.29, 0.717) is 53.0 Å². The molecule has 0 bridgehead atoms. The van der Waals surface area contributed by atoms with Crippen molar-refractivity contribution < 1.29 is 9.53 Å². The Morgan fingerprint density at radius 1 is 1.03 bits per heavy atom. The lowest BCUT2D eigenvalue weighted by Gasteiger charge is -2.34. The fraction of sp³-hybridized carbons (Fsp3) is 0.346. The molecule has 170 valence electrons. The summed E-state index contributed by atoms with van der Waals surface area (Å²) in [7, 11) is 3.46. The van der Waals surface area contributed by atoms with Crippen LogP contribution in [0, 0.1) is 11.8 Å². The number of amides is 1. The van der Waals surface area contributed by atoms with Crippen LogP contribution in [0.1, 0.15) is 30.8 Å². The maximum Gasteiger partial charge on any atom is 0.296 e. The van der Waals surface area contributed by atoms with Gasteiger partial charge in [0, 0.05) is 36.4 Å². The number of hydrogen-bond donors (Lipinski definition) is 0. The van der Waals surface area contributed by atoms with Gasteiger partial charge in [-0.05, 0) is 48.6 Å². The highest BCUT2D eigenvalue weighted by atomic mass is 16.5. The lowest BCUT2D eigenvalue weighted by atomic mass is 9.91. The van der Waals surface area contributed by atoms with Gasteiger partial charge in [-0.15, -0.1) is 0 Å². The van der Waals surface area contributed by atoms with E-state index in [1.807, 2.05) is 40.8 Å². The normalized spacial score (nSPS) is 18.7. The van der Waals surface area contributed by atoms with E-state index < -0.39 is 0 Å². The Bertz CT molecular complexity index is 1410. The summed E-state index contributed by atoms with van der Waals surface area (Å²) in [5, 5.41) is 6.16. The van der Waals surface area contributed by atoms with Crippen LogP contribution in [0.4, 0.5) is 0 Å². The van der Waals surface area contributed by atoms with E-state index in [0.717, 1.165) is 17.3 Å². The summed E-state index contributed by atoms with van der Waals surface area (Å²) in [6.07, 6.45) is 1.10. The predicted octanol–water partition coefficient (Wildman–Crippen LogP) is 4.00. The zero-order valence-electron chi connectivity index (χ0n) is 19.4. The van der Waals surface area contributed by atoms with Gasteiger partial charge >= 0.3 is 0 Å². The molecule has 0 aliphatic carbocycles. The number of nitrogens with zero attached hydrogens (tertiary/aromatic N) is 4. The minimum absolute atomic E-state index is 0.128. The second-order valence-electron chi connectivity index (χ2n) is 9.22. The zero-order chi connectivity index (χ0) is 23.3. The molecular formula is C26H28N4O3. The van der Waals surface area contributed by atoms with Crippen LogP contribution in [0.2, 0.25) is 0 Å². The molecule has 4 aromatic rings. The topological polar surface area (TPSA) is 69.4 Å². The maximum atomic E-state index is 13.9. The van der Waals surface area contributed by atoms with E-state index in [1.54, 1.807) is 31.4 Å². The van der Waals surface area contributed by atoms with Gasteiger partial charge in [0.05, 0.1) is 12.8 Å². The smallest absolute Gasteiger partial charge is 0.296 e. The number of piperidine rings is 1. The Hall–Kier alpha value is -3.61. The molecule has 33 heavy (non-hydrogen) atoms. The number of ether oxygens (including phenoxy) is 1. The predicted molar refractivity (Wildman–Crippen MR) is 129 cm³/mol. The third-order valence-corrected chi connectivity index (χ3v) is 6.61. The highest BCUT2D eigenvalue weighted by Crippen LogP contribution is 2.30. The number of para-hydroxylation sites is 1. The molecule has 1 aliphatic rings. The van der Waals surface area contributed by atoms with Crippen molar-refractivity contribution in [3.63, 3.8) is 0 Å². The minimum Gasteiger partial charge on any atom is -0.497 e. The summed E-state index contributed by atoms with van der Waals surface area (Å²) < 4.78 is 8.46. The van der Waals surface area contributed by atoms with Crippen molar-refractivity contribution in [1.82, 2.24) is 19.2 Å². The fourth-order valence-electron chi connectivity index (χ4n) is 5.21. The van der Waals surface area contributed by atoms with Gasteiger partial charge in [-0.3, -0.25) is 9.59 Å². The summed E-state index contributed by atoms with van der Waals surface area (Å²) in [6.45, 7) is 5.74. The second-order valence-corrected chi connectivity index (χ2v) is 9.22. The van der Waals surface area contributed by atoms with Gasteiger partial charge in [-0.2, -0.15) is 9.78 Å². The number of carbonyl (C=O) groups is 1. The maximum absolute atomic E-state index is 13.9. The number of likely N-dealkylation sites (tertiary alicyclic amines) is 1. The number of methoxy groups -OCH3 is 1. The van der Waals surface area contributed by atoms with Crippen molar-refractivity contribution >= 4 is 27.7 Å². The summed E-state index contributed by atoms with van der Waals surface area (Å²) >= 11 is 0. The van der Waals surface area contributed by atoms with E-state index >= 15 is 0 Å². The number of fused-ring (bicyclic) bond motifs is 3. The van der Waals surface area contributed by atoms with E-state index in [1.165, 1.54) is 4.68 Å². The van der Waals surface area contributed by atoms with Crippen LogP contribution in [-0.2, 0) is 7.05 Å². The molecule has 7 heteroatoms. The quantitative estimate of drug-likeness (QED) is 0.479. The number of carbonyl (C=O) groups excluding carboxylic acids is 1. The molecule has 1 amide bonds. The molecule has 0 N–H and O–H groups in total. The lowest BCUT2D eigenvalue weighted by molar-refractivity contribution is 0.0617. The van der Waals surface area contributed by atoms with Crippen LogP contribution in [0.5, 0.6) is 5.75 Å². The molecular weight excluding hydrogens is 416 g/mol. The van der Waals surface area contributed by atoms with Gasteiger partial charge in [0.15, 0.2) is 5.69 Å². The summed E-state index contributed by atoms with van der Waals surface area (Å²) in [5.74, 6) is 1.41. The number of aryl methyl sites for hydroxylation is 1. The molecule has 0 spiro atoms. The van der Waals surface area contributed by atoms with Gasteiger partial charge in [0.1, 0.15) is 11.3 Å². The number of hydrogen-bond acceptors (Lipinski definition) is 4. The van der Waals surface area contributed by atoms with Crippen molar-refractivity contribution in [1.29, 1.82) is 0 Å². The molecule has 5 rings (SSSR count). The van der Waals surface area contributed by atoms with Crippen LogP contribution in [-0.4, -0.2) is 45.4 Å². The van der Waals surface area contributed by atoms with Crippen molar-refractivity contribution in [3.05, 3.63) is 64.6 Å². The van der Waals surface area contributed by atoms with Gasteiger partial charge in [0.2, 0.25) is 0 Å². The first kappa shape index (κ1) is 21.2. The van der Waals surface area contributed by atoms with E-state index in [9.17, 15) is 9.59 Å². The molecule has 0 saturated carbocycles. The Morgan fingerprint density at radius 3 is 2.36 bits per heavy atom. The van der Waals surface area contributed by atoms with Crippen molar-refractivity contribution in [2.75, 3.05) is 20.2 Å². The monoisotopic (exact) mass is 444 g/mol. The third-order valence-electron chi connectivity index (χ3n) is 6.61. The Morgan fingerprint density at radius 2 is 1.70 bits per heavy atom. The van der Waals surface area contributed by atoms with Gasteiger partial charge in [-0.1, -0.05) is 32.0 Å². The minimum atomic E-state index is -0.259. The largest absolute Gasteiger partial charge is 0.497 e. The molecule has 3 heterocycles. The van der Waals surface area contributed by atoms with Crippen LogP contribution < -0.4 is 10.3 Å². The highest BCUT2D eigenvalue weighted by Gasteiger charge is 2.30. The molecule has 2 aromatic carbocycles. The van der Waals surface area contributed by atoms with E-state index in [2.05, 4.69) is 18.9 Å². The van der Waals surface area contributed by atoms with E-state index in [-0.39, 0.29) is 11.5 Å².